The molecule has 1 aliphatic rings. The van der Waals surface area contributed by atoms with Gasteiger partial charge in [-0.1, -0.05) is 0 Å². The van der Waals surface area contributed by atoms with Crippen LogP contribution in [0.15, 0.2) is 54.6 Å². The third kappa shape index (κ3) is 2.50. The Morgan fingerprint density at radius 1 is 1.18 bits per heavy atom. The van der Waals surface area contributed by atoms with Crippen molar-refractivity contribution in [1.29, 1.82) is 5.26 Å². The van der Waals surface area contributed by atoms with Crippen molar-refractivity contribution < 1.29 is 5.11 Å². The number of nitrogens with one attached hydrogen (secondary N) is 1. The second-order valence-corrected chi connectivity index (χ2v) is 5.53. The second kappa shape index (κ2) is 5.68. The Balaban J connectivity index is 2.09. The molecule has 2 unspecified atom stereocenters. The van der Waals surface area contributed by atoms with Crippen LogP contribution in [-0.2, 0) is 5.54 Å². The van der Waals surface area contributed by atoms with Crippen LogP contribution in [0.3, 0.4) is 0 Å². The zero-order valence-corrected chi connectivity index (χ0v) is 12.2. The molecule has 3 rings (SSSR count). The molecule has 3 heterocycles. The molecule has 2 aromatic rings. The average molecular weight is 292 g/mol. The monoisotopic (exact) mass is 292 g/mol. The first-order valence-corrected chi connectivity index (χ1v) is 7.04. The summed E-state index contributed by atoms with van der Waals surface area (Å²) >= 11 is 0. The Hall–Kier alpha value is -2.55. The molecular weight excluding hydrogens is 276 g/mol. The van der Waals surface area contributed by atoms with E-state index in [9.17, 15) is 10.4 Å². The summed E-state index contributed by atoms with van der Waals surface area (Å²) in [4.78, 5) is 8.05. The maximum atomic E-state index is 10.4. The molecule has 5 heteroatoms. The van der Waals surface area contributed by atoms with Crippen molar-refractivity contribution in [2.75, 3.05) is 0 Å². The molecule has 2 atom stereocenters. The fourth-order valence-electron chi connectivity index (χ4n) is 2.88. The smallest absolute Gasteiger partial charge is 0.141 e. The molecule has 1 aliphatic heterocycles. The normalized spacial score (nSPS) is 24.9. The molecule has 0 saturated carbocycles. The minimum absolute atomic E-state index is 0.359. The van der Waals surface area contributed by atoms with Crippen molar-refractivity contribution in [2.24, 2.45) is 0 Å². The molecule has 2 aromatic heterocycles. The van der Waals surface area contributed by atoms with Gasteiger partial charge in [0.2, 0.25) is 0 Å². The summed E-state index contributed by atoms with van der Waals surface area (Å²) in [6, 6.07) is 9.68. The number of nitrogens with zero attached hydrogens (tertiary/aromatic N) is 3. The first-order chi connectivity index (χ1) is 10.6. The van der Waals surface area contributed by atoms with E-state index in [-0.39, 0.29) is 0 Å². The highest BCUT2D eigenvalue weighted by Crippen LogP contribution is 2.38. The highest BCUT2D eigenvalue weighted by molar-refractivity contribution is 5.74. The number of aliphatic hydroxyl groups excluding tert-OH is 1. The molecule has 0 spiro atoms. The summed E-state index contributed by atoms with van der Waals surface area (Å²) in [6.07, 6.45) is 6.43. The zero-order valence-electron chi connectivity index (χ0n) is 12.2. The van der Waals surface area contributed by atoms with Crippen molar-refractivity contribution in [2.45, 2.75) is 25.1 Å². The van der Waals surface area contributed by atoms with Crippen molar-refractivity contribution in [3.05, 3.63) is 65.8 Å². The lowest BCUT2D eigenvalue weighted by molar-refractivity contribution is 0.122. The predicted octanol–water partition coefficient (Wildman–Crippen LogP) is 1.98. The van der Waals surface area contributed by atoms with Gasteiger partial charge < -0.3 is 5.11 Å². The molecule has 0 aromatic carbocycles. The standard InChI is InChI=1S/C17H16N4O/c1-17(13-4-8-20-9-5-13)10-14(12-2-6-19-7-3-12)15(11-18)16(22)21-17/h2-9,16,21-22H,10H2,1H3. The van der Waals surface area contributed by atoms with Gasteiger partial charge in [-0.15, -0.1) is 0 Å². The van der Waals surface area contributed by atoms with E-state index in [1.165, 1.54) is 0 Å². The van der Waals surface area contributed by atoms with Crippen molar-refractivity contribution in [3.63, 3.8) is 0 Å². The lowest BCUT2D eigenvalue weighted by Gasteiger charge is -2.39. The molecule has 2 N–H and O–H groups in total. The summed E-state index contributed by atoms with van der Waals surface area (Å²) in [5.41, 5.74) is 2.66. The predicted molar refractivity (Wildman–Crippen MR) is 82.1 cm³/mol. The molecule has 0 fully saturated rings. The number of hydrogen-bond acceptors (Lipinski definition) is 5. The Labute approximate surface area is 129 Å². The van der Waals surface area contributed by atoms with Crippen LogP contribution in [0.25, 0.3) is 5.57 Å². The third-order valence-corrected chi connectivity index (χ3v) is 4.05. The largest absolute Gasteiger partial charge is 0.374 e. The van der Waals surface area contributed by atoms with Crippen LogP contribution in [-0.4, -0.2) is 21.3 Å². The number of nitriles is 1. The van der Waals surface area contributed by atoms with Gasteiger partial charge in [0.15, 0.2) is 0 Å². The molecule has 0 amide bonds. The van der Waals surface area contributed by atoms with Crippen LogP contribution in [0.2, 0.25) is 0 Å². The number of pyridine rings is 2. The van der Waals surface area contributed by atoms with E-state index in [1.807, 2.05) is 31.2 Å². The van der Waals surface area contributed by atoms with Crippen molar-refractivity contribution in [3.8, 4) is 6.07 Å². The van der Waals surface area contributed by atoms with Crippen LogP contribution in [0.5, 0.6) is 0 Å². The SMILES string of the molecule is CC1(c2ccncc2)CC(c2ccncc2)=C(C#N)C(O)N1. The van der Waals surface area contributed by atoms with E-state index < -0.39 is 11.8 Å². The van der Waals surface area contributed by atoms with Crippen LogP contribution in [0.4, 0.5) is 0 Å². The fraction of sp³-hybridized carbons (Fsp3) is 0.235. The number of aliphatic hydroxyl groups is 1. The van der Waals surface area contributed by atoms with Crippen molar-refractivity contribution in [1.82, 2.24) is 15.3 Å². The molecule has 0 aliphatic carbocycles. The Morgan fingerprint density at radius 2 is 1.77 bits per heavy atom. The van der Waals surface area contributed by atoms with Gasteiger partial charge in [-0.2, -0.15) is 5.26 Å². The maximum absolute atomic E-state index is 10.4. The summed E-state index contributed by atoms with van der Waals surface area (Å²) in [5, 5.41) is 22.9. The fourth-order valence-corrected chi connectivity index (χ4v) is 2.88. The lowest BCUT2D eigenvalue weighted by atomic mass is 9.79. The first kappa shape index (κ1) is 14.4. The van der Waals surface area contributed by atoms with Gasteiger partial charge in [-0.3, -0.25) is 15.3 Å². The first-order valence-electron chi connectivity index (χ1n) is 7.04. The molecular formula is C17H16N4O. The topological polar surface area (TPSA) is 81.8 Å². The van der Waals surface area contributed by atoms with E-state index in [1.54, 1.807) is 24.8 Å². The highest BCUT2D eigenvalue weighted by atomic mass is 16.3. The highest BCUT2D eigenvalue weighted by Gasteiger charge is 2.37. The van der Waals surface area contributed by atoms with Gasteiger partial charge >= 0.3 is 0 Å². The van der Waals surface area contributed by atoms with Gasteiger partial charge in [-0.05, 0) is 54.3 Å². The molecule has 5 nitrogen and oxygen atoms in total. The van der Waals surface area contributed by atoms with E-state index in [0.29, 0.717) is 12.0 Å². The molecule has 0 radical (unpaired) electrons. The molecule has 0 saturated heterocycles. The van der Waals surface area contributed by atoms with Gasteiger partial charge in [-0.25, -0.2) is 0 Å². The Kier molecular flexibility index (Phi) is 3.72. The quantitative estimate of drug-likeness (QED) is 0.884. The van der Waals surface area contributed by atoms with E-state index in [4.69, 9.17) is 0 Å². The van der Waals surface area contributed by atoms with Crippen LogP contribution in [0, 0.1) is 11.3 Å². The Bertz CT molecular complexity index is 736. The van der Waals surface area contributed by atoms with Crippen molar-refractivity contribution >= 4 is 5.57 Å². The number of aromatic nitrogens is 2. The number of hydrogen-bond donors (Lipinski definition) is 2. The molecule has 22 heavy (non-hydrogen) atoms. The summed E-state index contributed by atoms with van der Waals surface area (Å²) in [5.74, 6) is 0. The van der Waals surface area contributed by atoms with Crippen LogP contribution < -0.4 is 5.32 Å². The molecule has 110 valence electrons. The van der Waals surface area contributed by atoms with Gasteiger partial charge in [0.25, 0.3) is 0 Å². The van der Waals surface area contributed by atoms with E-state index >= 15 is 0 Å². The third-order valence-electron chi connectivity index (χ3n) is 4.05. The molecule has 0 bridgehead atoms. The van der Waals surface area contributed by atoms with E-state index in [2.05, 4.69) is 21.4 Å². The minimum Gasteiger partial charge on any atom is -0.374 e. The summed E-state index contributed by atoms with van der Waals surface area (Å²) in [7, 11) is 0. The maximum Gasteiger partial charge on any atom is 0.141 e. The van der Waals surface area contributed by atoms with Crippen LogP contribution in [0.1, 0.15) is 24.5 Å². The summed E-state index contributed by atoms with van der Waals surface area (Å²) < 4.78 is 0. The van der Waals surface area contributed by atoms with Gasteiger partial charge in [0.1, 0.15) is 6.23 Å². The van der Waals surface area contributed by atoms with Gasteiger partial charge in [0.05, 0.1) is 11.6 Å². The zero-order chi connectivity index (χ0) is 15.6. The second-order valence-electron chi connectivity index (χ2n) is 5.53. The number of rotatable bonds is 2. The Morgan fingerprint density at radius 3 is 2.36 bits per heavy atom. The lowest BCUT2D eigenvalue weighted by Crippen LogP contribution is -2.50. The van der Waals surface area contributed by atoms with Gasteiger partial charge in [0, 0.05) is 30.3 Å². The van der Waals surface area contributed by atoms with Crippen LogP contribution >= 0.6 is 0 Å². The average Bonchev–Trinajstić information content (AvgIpc) is 2.56. The summed E-state index contributed by atoms with van der Waals surface area (Å²) in [6.45, 7) is 2.01. The van der Waals surface area contributed by atoms with E-state index in [0.717, 1.165) is 16.7 Å². The minimum atomic E-state index is -1.000.